The van der Waals surface area contributed by atoms with Crippen molar-refractivity contribution in [3.05, 3.63) is 18.2 Å². The van der Waals surface area contributed by atoms with Gasteiger partial charge in [0, 0.05) is 59.0 Å². The van der Waals surface area contributed by atoms with Gasteiger partial charge in [-0.25, -0.2) is 4.98 Å². The van der Waals surface area contributed by atoms with E-state index < -0.39 is 0 Å². The maximum absolute atomic E-state index is 12.3. The van der Waals surface area contributed by atoms with Crippen molar-refractivity contribution in [3.8, 4) is 0 Å². The van der Waals surface area contributed by atoms with E-state index in [4.69, 9.17) is 0 Å². The number of imidazole rings is 1. The number of hydrogen-bond donors (Lipinski definition) is 0. The van der Waals surface area contributed by atoms with Crippen LogP contribution in [0, 0.1) is 5.92 Å². The molecule has 0 bridgehead atoms. The second-order valence-corrected chi connectivity index (χ2v) is 5.65. The van der Waals surface area contributed by atoms with E-state index in [1.807, 2.05) is 31.8 Å². The van der Waals surface area contributed by atoms with Crippen LogP contribution in [-0.2, 0) is 23.1 Å². The average Bonchev–Trinajstić information content (AvgIpc) is 3.04. The molecular formula is C15H24N4O2. The molecule has 1 atom stereocenters. The molecule has 1 aromatic rings. The van der Waals surface area contributed by atoms with Crippen LogP contribution in [0.3, 0.4) is 0 Å². The third-order valence-corrected chi connectivity index (χ3v) is 4.14. The molecule has 21 heavy (non-hydrogen) atoms. The van der Waals surface area contributed by atoms with Crippen molar-refractivity contribution in [2.24, 2.45) is 13.0 Å². The summed E-state index contributed by atoms with van der Waals surface area (Å²) in [5.41, 5.74) is 0. The van der Waals surface area contributed by atoms with E-state index in [0.29, 0.717) is 26.1 Å². The third-order valence-electron chi connectivity index (χ3n) is 4.14. The van der Waals surface area contributed by atoms with Crippen molar-refractivity contribution in [1.82, 2.24) is 19.4 Å². The molecule has 116 valence electrons. The topological polar surface area (TPSA) is 58.4 Å². The van der Waals surface area contributed by atoms with E-state index in [1.54, 1.807) is 16.0 Å². The monoisotopic (exact) mass is 292 g/mol. The predicted octanol–water partition coefficient (Wildman–Crippen LogP) is 0.679. The van der Waals surface area contributed by atoms with Gasteiger partial charge in [0.25, 0.3) is 0 Å². The van der Waals surface area contributed by atoms with Crippen LogP contribution in [0.5, 0.6) is 0 Å². The average molecular weight is 292 g/mol. The summed E-state index contributed by atoms with van der Waals surface area (Å²) in [6, 6.07) is 0. The highest BCUT2D eigenvalue weighted by Crippen LogP contribution is 2.19. The standard InChI is InChI=1S/C15H24N4O2/c1-4-19-11-12(10-14(19)20)15(21)18(3)8-5-6-13-16-7-9-17(13)2/h7,9,12H,4-6,8,10-11H2,1-3H3/t12-/m0/s1. The maximum Gasteiger partial charge on any atom is 0.227 e. The minimum Gasteiger partial charge on any atom is -0.345 e. The van der Waals surface area contributed by atoms with Crippen LogP contribution in [0.2, 0.25) is 0 Å². The lowest BCUT2D eigenvalue weighted by Crippen LogP contribution is -2.35. The summed E-state index contributed by atoms with van der Waals surface area (Å²) in [6.07, 6.45) is 5.80. The summed E-state index contributed by atoms with van der Waals surface area (Å²) in [5.74, 6) is 1.04. The zero-order valence-corrected chi connectivity index (χ0v) is 13.1. The Morgan fingerprint density at radius 1 is 1.52 bits per heavy atom. The molecule has 6 heteroatoms. The lowest BCUT2D eigenvalue weighted by Gasteiger charge is -2.21. The van der Waals surface area contributed by atoms with E-state index in [0.717, 1.165) is 18.7 Å². The van der Waals surface area contributed by atoms with Gasteiger partial charge in [-0.1, -0.05) is 0 Å². The third kappa shape index (κ3) is 3.62. The Hall–Kier alpha value is -1.85. The van der Waals surface area contributed by atoms with Gasteiger partial charge in [0.15, 0.2) is 0 Å². The number of hydrogen-bond acceptors (Lipinski definition) is 3. The Balaban J connectivity index is 1.78. The van der Waals surface area contributed by atoms with Gasteiger partial charge in [-0.05, 0) is 13.3 Å². The quantitative estimate of drug-likeness (QED) is 0.775. The fraction of sp³-hybridized carbons (Fsp3) is 0.667. The molecule has 0 aromatic carbocycles. The molecule has 0 saturated carbocycles. The lowest BCUT2D eigenvalue weighted by atomic mass is 10.1. The molecule has 6 nitrogen and oxygen atoms in total. The number of carbonyl (C=O) groups is 2. The molecular weight excluding hydrogens is 268 g/mol. The van der Waals surface area contributed by atoms with Crippen LogP contribution in [0.25, 0.3) is 0 Å². The second kappa shape index (κ2) is 6.74. The fourth-order valence-corrected chi connectivity index (χ4v) is 2.78. The Kier molecular flexibility index (Phi) is 4.98. The summed E-state index contributed by atoms with van der Waals surface area (Å²) in [6.45, 7) is 3.90. The van der Waals surface area contributed by atoms with Crippen LogP contribution < -0.4 is 0 Å². The van der Waals surface area contributed by atoms with Crippen LogP contribution in [-0.4, -0.2) is 57.8 Å². The number of aromatic nitrogens is 2. The zero-order chi connectivity index (χ0) is 15.4. The predicted molar refractivity (Wildman–Crippen MR) is 79.5 cm³/mol. The Morgan fingerprint density at radius 3 is 2.86 bits per heavy atom. The summed E-state index contributed by atoms with van der Waals surface area (Å²) in [5, 5.41) is 0. The van der Waals surface area contributed by atoms with Gasteiger partial charge >= 0.3 is 0 Å². The molecule has 0 N–H and O–H groups in total. The minimum absolute atomic E-state index is 0.0825. The lowest BCUT2D eigenvalue weighted by molar-refractivity contribution is -0.134. The SMILES string of the molecule is CCN1C[C@@H](C(=O)N(C)CCCc2nccn2C)CC1=O. The first-order valence-corrected chi connectivity index (χ1v) is 7.51. The van der Waals surface area contributed by atoms with E-state index >= 15 is 0 Å². The molecule has 1 aliphatic rings. The van der Waals surface area contributed by atoms with E-state index in [9.17, 15) is 9.59 Å². The van der Waals surface area contributed by atoms with Gasteiger partial charge < -0.3 is 14.4 Å². The fourth-order valence-electron chi connectivity index (χ4n) is 2.78. The number of likely N-dealkylation sites (tertiary alicyclic amines) is 1. The molecule has 2 heterocycles. The Labute approximate surface area is 125 Å². The molecule has 0 unspecified atom stereocenters. The van der Waals surface area contributed by atoms with Crippen LogP contribution in [0.4, 0.5) is 0 Å². The van der Waals surface area contributed by atoms with Crippen molar-refractivity contribution in [2.75, 3.05) is 26.7 Å². The van der Waals surface area contributed by atoms with Gasteiger partial charge in [0.05, 0.1) is 5.92 Å². The largest absolute Gasteiger partial charge is 0.345 e. The first kappa shape index (κ1) is 15.5. The number of amides is 2. The zero-order valence-electron chi connectivity index (χ0n) is 13.1. The highest BCUT2D eigenvalue weighted by Gasteiger charge is 2.34. The number of carbonyl (C=O) groups excluding carboxylic acids is 2. The number of rotatable bonds is 6. The summed E-state index contributed by atoms with van der Waals surface area (Å²) in [7, 11) is 3.79. The van der Waals surface area contributed by atoms with Gasteiger partial charge in [-0.3, -0.25) is 9.59 Å². The van der Waals surface area contributed by atoms with Crippen LogP contribution in [0.1, 0.15) is 25.6 Å². The van der Waals surface area contributed by atoms with E-state index in [2.05, 4.69) is 4.98 Å². The van der Waals surface area contributed by atoms with Gasteiger partial charge in [-0.15, -0.1) is 0 Å². The Morgan fingerprint density at radius 2 is 2.29 bits per heavy atom. The molecule has 0 aliphatic carbocycles. The van der Waals surface area contributed by atoms with Gasteiger partial charge in [-0.2, -0.15) is 0 Å². The smallest absolute Gasteiger partial charge is 0.227 e. The molecule has 1 fully saturated rings. The van der Waals surface area contributed by atoms with Gasteiger partial charge in [0.1, 0.15) is 5.82 Å². The number of aryl methyl sites for hydroxylation is 2. The van der Waals surface area contributed by atoms with Gasteiger partial charge in [0.2, 0.25) is 11.8 Å². The van der Waals surface area contributed by atoms with Crippen molar-refractivity contribution >= 4 is 11.8 Å². The minimum atomic E-state index is -0.171. The maximum atomic E-state index is 12.3. The van der Waals surface area contributed by atoms with Crippen molar-refractivity contribution < 1.29 is 9.59 Å². The van der Waals surface area contributed by atoms with Crippen molar-refractivity contribution in [2.45, 2.75) is 26.2 Å². The van der Waals surface area contributed by atoms with E-state index in [-0.39, 0.29) is 17.7 Å². The molecule has 2 amide bonds. The van der Waals surface area contributed by atoms with Crippen LogP contribution >= 0.6 is 0 Å². The summed E-state index contributed by atoms with van der Waals surface area (Å²) < 4.78 is 2.00. The first-order chi connectivity index (χ1) is 10.0. The normalized spacial score (nSPS) is 18.3. The molecule has 1 saturated heterocycles. The highest BCUT2D eigenvalue weighted by molar-refractivity contribution is 5.89. The molecule has 0 spiro atoms. The summed E-state index contributed by atoms with van der Waals surface area (Å²) >= 11 is 0. The first-order valence-electron chi connectivity index (χ1n) is 7.51. The number of nitrogens with zero attached hydrogens (tertiary/aromatic N) is 4. The van der Waals surface area contributed by atoms with E-state index in [1.165, 1.54) is 0 Å². The Bertz CT molecular complexity index is 512. The molecule has 1 aromatic heterocycles. The summed E-state index contributed by atoms with van der Waals surface area (Å²) in [4.78, 5) is 31.8. The van der Waals surface area contributed by atoms with Crippen LogP contribution in [0.15, 0.2) is 12.4 Å². The highest BCUT2D eigenvalue weighted by atomic mass is 16.2. The van der Waals surface area contributed by atoms with Crippen molar-refractivity contribution in [3.63, 3.8) is 0 Å². The molecule has 1 aliphatic heterocycles. The van der Waals surface area contributed by atoms with Crippen molar-refractivity contribution in [1.29, 1.82) is 0 Å². The molecule has 2 rings (SSSR count). The molecule has 0 radical (unpaired) electrons. The second-order valence-electron chi connectivity index (χ2n) is 5.65.